The summed E-state index contributed by atoms with van der Waals surface area (Å²) in [5.74, 6) is 0. The number of hydrogen-bond acceptors (Lipinski definition) is 1. The Hall–Kier alpha value is -0.0606. The summed E-state index contributed by atoms with van der Waals surface area (Å²) in [6.07, 6.45) is 1.50. The van der Waals surface area contributed by atoms with Crippen molar-refractivity contribution in [2.75, 3.05) is 26.7 Å². The number of carbonyl (C=O) groups excluding carboxylic acids is 1. The van der Waals surface area contributed by atoms with Gasteiger partial charge in [0.15, 0.2) is 0 Å². The minimum absolute atomic E-state index is 0.104. The summed E-state index contributed by atoms with van der Waals surface area (Å²) in [7, 11) is 9.99. The van der Waals surface area contributed by atoms with Crippen LogP contribution in [-0.4, -0.2) is 32.9 Å². The van der Waals surface area contributed by atoms with Crippen molar-refractivity contribution in [3.8, 4) is 0 Å². The fraction of sp³-hybridized carbons (Fsp3) is 0.263. The van der Waals surface area contributed by atoms with E-state index < -0.39 is 15.7 Å². The molecule has 0 saturated carbocycles. The predicted octanol–water partition coefficient (Wildman–Crippen LogP) is 5.56. The van der Waals surface area contributed by atoms with Gasteiger partial charge in [-0.2, -0.15) is 6.92 Å². The maximum absolute atomic E-state index is 8.68. The molecule has 0 fully saturated rings. The van der Waals surface area contributed by atoms with Crippen LogP contribution in [0.15, 0.2) is 60.7 Å². The van der Waals surface area contributed by atoms with Gasteiger partial charge in [-0.1, -0.05) is 76.5 Å². The van der Waals surface area contributed by atoms with Crippen LogP contribution in [0.1, 0.15) is 6.92 Å². The summed E-state index contributed by atoms with van der Waals surface area (Å²) in [6.45, 7) is 14.9. The molecule has 0 atom stereocenters. The molecule has 2 nitrogen and oxygen atoms in total. The average Bonchev–Trinajstić information content (AvgIpc) is 2.66. The van der Waals surface area contributed by atoms with Crippen LogP contribution in [0.3, 0.4) is 0 Å². The Morgan fingerprint density at radius 1 is 0.808 bits per heavy atom. The van der Waals surface area contributed by atoms with E-state index in [9.17, 15) is 0 Å². The Balaban J connectivity index is -0.000000293. The summed E-state index contributed by atoms with van der Waals surface area (Å²) < 4.78 is 7.50. The molecule has 0 aliphatic rings. The molecule has 2 aromatic carbocycles. The van der Waals surface area contributed by atoms with Crippen LogP contribution < -0.4 is 10.6 Å². The first kappa shape index (κ1) is 30.7. The summed E-state index contributed by atoms with van der Waals surface area (Å²) in [5.41, 5.74) is 0. The monoisotopic (exact) mass is 610 g/mol. The van der Waals surface area contributed by atoms with Gasteiger partial charge in [0.05, 0.1) is 0 Å². The Bertz CT molecular complexity index is 495. The van der Waals surface area contributed by atoms with E-state index in [1.165, 1.54) is 23.8 Å². The van der Waals surface area contributed by atoms with Crippen LogP contribution in [0.2, 0.25) is 0 Å². The van der Waals surface area contributed by atoms with E-state index >= 15 is 0 Å². The van der Waals surface area contributed by atoms with Gasteiger partial charge in [0.2, 0.25) is 0 Å². The molecule has 0 bridgehead atoms. The second kappa shape index (κ2) is 24.9. The van der Waals surface area contributed by atoms with Crippen LogP contribution in [-0.2, 0) is 25.1 Å². The molecule has 2 aromatic rings. The Morgan fingerprint density at radius 2 is 1.00 bits per heavy atom. The molecule has 0 N–H and O–H groups in total. The van der Waals surface area contributed by atoms with Gasteiger partial charge >= 0.3 is 46.1 Å². The van der Waals surface area contributed by atoms with Crippen LogP contribution in [0.25, 0.3) is 0 Å². The molecule has 0 unspecified atom stereocenters. The van der Waals surface area contributed by atoms with Crippen molar-refractivity contribution >= 4 is 51.9 Å². The SMILES string of the molecule is CP(C)c1ccccc1.CP(C)c1ccccc1.C[C-]=O.[C-]#[O+].[Cl][Ir+][Cl]. The number of hydrogen-bond donors (Lipinski definition) is 0. The van der Waals surface area contributed by atoms with Gasteiger partial charge in [-0.05, 0) is 37.3 Å². The molecule has 146 valence electrons. The molecule has 0 spiro atoms. The fourth-order valence-electron chi connectivity index (χ4n) is 1.45. The quantitative estimate of drug-likeness (QED) is 0.249. The van der Waals surface area contributed by atoms with Crippen LogP contribution >= 0.6 is 35.0 Å². The topological polar surface area (TPSA) is 37.0 Å². The molecule has 0 saturated heterocycles. The third-order valence-electron chi connectivity index (χ3n) is 2.55. The molecular formula is C19H25Cl2IrO2P2. The summed E-state index contributed by atoms with van der Waals surface area (Å²) in [4.78, 5) is 8.68. The van der Waals surface area contributed by atoms with Gasteiger partial charge in [-0.25, -0.2) is 0 Å². The van der Waals surface area contributed by atoms with Crippen molar-refractivity contribution in [2.24, 2.45) is 0 Å². The molecular weight excluding hydrogens is 585 g/mol. The molecule has 2 rings (SSSR count). The molecule has 0 heterocycles. The molecule has 0 radical (unpaired) electrons. The zero-order valence-corrected chi connectivity index (χ0v) is 21.3. The van der Waals surface area contributed by atoms with Gasteiger partial charge < -0.3 is 4.79 Å². The van der Waals surface area contributed by atoms with Crippen LogP contribution in [0, 0.1) is 6.65 Å². The molecule has 26 heavy (non-hydrogen) atoms. The van der Waals surface area contributed by atoms with Crippen molar-refractivity contribution in [1.29, 1.82) is 0 Å². The van der Waals surface area contributed by atoms with E-state index in [1.54, 1.807) is 0 Å². The van der Waals surface area contributed by atoms with Gasteiger partial charge in [0.25, 0.3) is 0 Å². The normalized spacial score (nSPS) is 8.42. The zero-order chi connectivity index (χ0) is 20.8. The maximum atomic E-state index is 8.68. The number of halogens is 2. The standard InChI is InChI=1S/2C8H11P.C2H3O.CO.2ClH.Ir/c2*1-9(2)8-6-4-3-5-7-8;1-2-3;1-2;;;/h2*3-7H,1-2H3;1H3;;2*1H;/q;;-1;;;;+3/p-2. The van der Waals surface area contributed by atoms with Crippen molar-refractivity contribution in [3.63, 3.8) is 0 Å². The summed E-state index contributed by atoms with van der Waals surface area (Å²) in [6, 6.07) is 21.2. The Morgan fingerprint density at radius 3 is 1.12 bits per heavy atom. The fourth-order valence-corrected chi connectivity index (χ4v) is 2.99. The third kappa shape index (κ3) is 22.0. The van der Waals surface area contributed by atoms with E-state index in [1.807, 2.05) is 0 Å². The number of benzene rings is 2. The average molecular weight is 610 g/mol. The molecule has 0 aromatic heterocycles. The van der Waals surface area contributed by atoms with Crippen LogP contribution in [0.5, 0.6) is 0 Å². The van der Waals surface area contributed by atoms with E-state index in [0.29, 0.717) is 0 Å². The van der Waals surface area contributed by atoms with Gasteiger partial charge in [-0.3, -0.25) is 6.29 Å². The minimum atomic E-state index is -0.556. The molecule has 0 aliphatic carbocycles. The van der Waals surface area contributed by atoms with E-state index in [-0.39, 0.29) is 15.8 Å². The molecule has 0 aliphatic heterocycles. The Labute approximate surface area is 177 Å². The van der Waals surface area contributed by atoms with Crippen molar-refractivity contribution in [3.05, 3.63) is 67.3 Å². The van der Waals surface area contributed by atoms with Gasteiger partial charge in [0.1, 0.15) is 0 Å². The zero-order valence-electron chi connectivity index (χ0n) is 15.6. The predicted molar refractivity (Wildman–Crippen MR) is 117 cm³/mol. The molecule has 0 amide bonds. The van der Waals surface area contributed by atoms with E-state index in [0.717, 1.165) is 0 Å². The first-order valence-corrected chi connectivity index (χ1v) is 17.6. The van der Waals surface area contributed by atoms with Crippen LogP contribution in [0.4, 0.5) is 0 Å². The van der Waals surface area contributed by atoms with Gasteiger partial charge in [0, 0.05) is 0 Å². The van der Waals surface area contributed by atoms with Gasteiger partial charge in [-0.15, -0.1) is 0 Å². The number of rotatable bonds is 2. The van der Waals surface area contributed by atoms with E-state index in [2.05, 4.69) is 94.0 Å². The second-order valence-corrected chi connectivity index (χ2v) is 12.8. The van der Waals surface area contributed by atoms with Crippen molar-refractivity contribution < 1.29 is 25.1 Å². The third-order valence-corrected chi connectivity index (χ3v) is 5.21. The first-order valence-electron chi connectivity index (χ1n) is 7.22. The second-order valence-electron chi connectivity index (χ2n) is 4.71. The first-order chi connectivity index (χ1) is 12.4. The summed E-state index contributed by atoms with van der Waals surface area (Å²) >= 11 is -0.556. The van der Waals surface area contributed by atoms with Crippen molar-refractivity contribution in [2.45, 2.75) is 6.92 Å². The Kier molecular flexibility index (Phi) is 29.4. The summed E-state index contributed by atoms with van der Waals surface area (Å²) in [5, 5.41) is 2.96. The van der Waals surface area contributed by atoms with Crippen molar-refractivity contribution in [1.82, 2.24) is 0 Å². The van der Waals surface area contributed by atoms with E-state index in [4.69, 9.17) is 28.6 Å². The molecule has 7 heteroatoms.